The quantitative estimate of drug-likeness (QED) is 0.821. The van der Waals surface area contributed by atoms with E-state index in [2.05, 4.69) is 0 Å². The zero-order valence-corrected chi connectivity index (χ0v) is 14.7. The number of likely N-dealkylation sites (tertiary alicyclic amines) is 1. The molecule has 3 heterocycles. The van der Waals surface area contributed by atoms with E-state index in [0.29, 0.717) is 24.0 Å². The van der Waals surface area contributed by atoms with E-state index in [0.717, 1.165) is 0 Å². The van der Waals surface area contributed by atoms with Crippen molar-refractivity contribution in [1.82, 2.24) is 9.80 Å². The van der Waals surface area contributed by atoms with Gasteiger partial charge in [-0.25, -0.2) is 4.39 Å². The Kier molecular flexibility index (Phi) is 3.59. The number of nitrogens with zero attached hydrogens (tertiary/aromatic N) is 2. The molecular weight excluding hydrogens is 347 g/mol. The maximum Gasteiger partial charge on any atom is 0.261 e. The molecule has 0 aromatic heterocycles. The van der Waals surface area contributed by atoms with Gasteiger partial charge in [-0.15, -0.1) is 0 Å². The van der Waals surface area contributed by atoms with Crippen molar-refractivity contribution in [3.05, 3.63) is 71.5 Å². The van der Waals surface area contributed by atoms with Crippen molar-refractivity contribution >= 4 is 11.8 Å². The normalized spacial score (nSPS) is 25.6. The molecule has 138 valence electrons. The summed E-state index contributed by atoms with van der Waals surface area (Å²) in [5, 5.41) is 0. The van der Waals surface area contributed by atoms with Gasteiger partial charge >= 0.3 is 0 Å². The smallest absolute Gasteiger partial charge is 0.261 e. The maximum atomic E-state index is 14.2. The molecule has 2 aromatic carbocycles. The van der Waals surface area contributed by atoms with Crippen molar-refractivity contribution in [3.63, 3.8) is 0 Å². The second-order valence-corrected chi connectivity index (χ2v) is 7.42. The first-order valence-electron chi connectivity index (χ1n) is 9.18. The second kappa shape index (κ2) is 5.89. The van der Waals surface area contributed by atoms with Crippen LogP contribution < -0.4 is 0 Å². The fourth-order valence-corrected chi connectivity index (χ4v) is 4.45. The number of amides is 2. The average Bonchev–Trinajstić information content (AvgIpc) is 3.19. The van der Waals surface area contributed by atoms with E-state index in [-0.39, 0.29) is 43.0 Å². The van der Waals surface area contributed by atoms with E-state index in [9.17, 15) is 14.0 Å². The summed E-state index contributed by atoms with van der Waals surface area (Å²) in [6, 6.07) is 15.3. The molecule has 3 aliphatic heterocycles. The highest BCUT2D eigenvalue weighted by molar-refractivity contribution is 5.98. The van der Waals surface area contributed by atoms with Crippen LogP contribution in [0.3, 0.4) is 0 Å². The first-order valence-corrected chi connectivity index (χ1v) is 9.18. The van der Waals surface area contributed by atoms with Crippen molar-refractivity contribution < 1.29 is 18.7 Å². The molecule has 2 amide bonds. The van der Waals surface area contributed by atoms with Gasteiger partial charge in [-0.2, -0.15) is 0 Å². The van der Waals surface area contributed by atoms with Crippen molar-refractivity contribution in [2.75, 3.05) is 13.1 Å². The summed E-state index contributed by atoms with van der Waals surface area (Å²) >= 11 is 0. The number of rotatable bonds is 2. The standard InChI is InChI=1S/C21H19FN2O3/c22-16-9-5-4-8-15(16)17-10-11-18-24(17)20(26)21(27-18)12-23(13-21)19(25)14-6-2-1-3-7-14/h1-9,17-18H,10-13H2. The number of halogens is 1. The van der Waals surface area contributed by atoms with Crippen molar-refractivity contribution in [2.45, 2.75) is 30.7 Å². The number of carbonyl (C=O) groups is 2. The highest BCUT2D eigenvalue weighted by atomic mass is 19.1. The number of hydrogen-bond donors (Lipinski definition) is 0. The molecule has 5 nitrogen and oxygen atoms in total. The van der Waals surface area contributed by atoms with Crippen molar-refractivity contribution in [1.29, 1.82) is 0 Å². The highest BCUT2D eigenvalue weighted by Crippen LogP contribution is 2.47. The fourth-order valence-electron chi connectivity index (χ4n) is 4.45. The minimum atomic E-state index is -0.973. The molecule has 5 rings (SSSR count). The number of ether oxygens (including phenoxy) is 1. The zero-order chi connectivity index (χ0) is 18.6. The Morgan fingerprint density at radius 2 is 1.74 bits per heavy atom. The third-order valence-corrected chi connectivity index (χ3v) is 5.78. The molecular formula is C21H19FN2O3. The van der Waals surface area contributed by atoms with Crippen LogP contribution in [0.2, 0.25) is 0 Å². The molecule has 0 aliphatic carbocycles. The molecule has 6 heteroatoms. The van der Waals surface area contributed by atoms with Crippen LogP contribution >= 0.6 is 0 Å². The van der Waals surface area contributed by atoms with Crippen LogP contribution in [0.25, 0.3) is 0 Å². The summed E-state index contributed by atoms with van der Waals surface area (Å²) in [7, 11) is 0. The van der Waals surface area contributed by atoms with Gasteiger partial charge in [0.1, 0.15) is 12.0 Å². The van der Waals surface area contributed by atoms with E-state index in [1.165, 1.54) is 6.07 Å². The Labute approximate surface area is 156 Å². The molecule has 0 bridgehead atoms. The van der Waals surface area contributed by atoms with E-state index >= 15 is 0 Å². The third kappa shape index (κ3) is 2.40. The molecule has 3 aliphatic rings. The summed E-state index contributed by atoms with van der Waals surface area (Å²) in [6.07, 6.45) is 1.02. The molecule has 0 radical (unpaired) electrons. The molecule has 3 fully saturated rings. The van der Waals surface area contributed by atoms with Gasteiger partial charge in [0.25, 0.3) is 11.8 Å². The van der Waals surface area contributed by atoms with Gasteiger partial charge in [-0.3, -0.25) is 9.59 Å². The minimum absolute atomic E-state index is 0.102. The first kappa shape index (κ1) is 16.4. The summed E-state index contributed by atoms with van der Waals surface area (Å²) < 4.78 is 20.3. The number of benzene rings is 2. The molecule has 1 spiro atoms. The monoisotopic (exact) mass is 366 g/mol. The topological polar surface area (TPSA) is 49.9 Å². The largest absolute Gasteiger partial charge is 0.338 e. The third-order valence-electron chi connectivity index (χ3n) is 5.78. The molecule has 3 saturated heterocycles. The predicted molar refractivity (Wildman–Crippen MR) is 95.2 cm³/mol. The minimum Gasteiger partial charge on any atom is -0.338 e. The Morgan fingerprint density at radius 3 is 2.48 bits per heavy atom. The molecule has 27 heavy (non-hydrogen) atoms. The van der Waals surface area contributed by atoms with E-state index < -0.39 is 5.60 Å². The number of carbonyl (C=O) groups excluding carboxylic acids is 2. The molecule has 2 atom stereocenters. The van der Waals surface area contributed by atoms with Crippen LogP contribution in [0.4, 0.5) is 4.39 Å². The number of hydrogen-bond acceptors (Lipinski definition) is 3. The van der Waals surface area contributed by atoms with Gasteiger partial charge in [-0.1, -0.05) is 36.4 Å². The van der Waals surface area contributed by atoms with Gasteiger partial charge in [0.15, 0.2) is 5.60 Å². The predicted octanol–water partition coefficient (Wildman–Crippen LogP) is 2.74. The average molecular weight is 366 g/mol. The van der Waals surface area contributed by atoms with Crippen LogP contribution in [-0.4, -0.2) is 46.5 Å². The van der Waals surface area contributed by atoms with Gasteiger partial charge in [-0.05, 0) is 31.0 Å². The van der Waals surface area contributed by atoms with Gasteiger partial charge in [0.2, 0.25) is 0 Å². The van der Waals surface area contributed by atoms with Crippen LogP contribution in [0.5, 0.6) is 0 Å². The highest BCUT2D eigenvalue weighted by Gasteiger charge is 2.63. The second-order valence-electron chi connectivity index (χ2n) is 7.42. The van der Waals surface area contributed by atoms with Crippen molar-refractivity contribution in [2.24, 2.45) is 0 Å². The first-order chi connectivity index (χ1) is 13.1. The van der Waals surface area contributed by atoms with E-state index in [1.54, 1.807) is 40.1 Å². The van der Waals surface area contributed by atoms with Gasteiger partial charge in [0, 0.05) is 11.1 Å². The molecule has 2 unspecified atom stereocenters. The summed E-state index contributed by atoms with van der Waals surface area (Å²) in [5.74, 6) is -0.530. The Balaban J connectivity index is 1.34. The molecule has 0 N–H and O–H groups in total. The summed E-state index contributed by atoms with van der Waals surface area (Å²) in [6.45, 7) is 0.493. The van der Waals surface area contributed by atoms with E-state index in [4.69, 9.17) is 4.74 Å². The van der Waals surface area contributed by atoms with Gasteiger partial charge in [0.05, 0.1) is 19.1 Å². The SMILES string of the molecule is O=C(c1ccccc1)N1CC2(C1)OC1CCC(c3ccccc3F)N1C2=O. The van der Waals surface area contributed by atoms with Gasteiger partial charge < -0.3 is 14.5 Å². The zero-order valence-electron chi connectivity index (χ0n) is 14.7. The Bertz CT molecular complexity index is 911. The Morgan fingerprint density at radius 1 is 1.04 bits per heavy atom. The van der Waals surface area contributed by atoms with Crippen LogP contribution in [0.1, 0.15) is 34.8 Å². The lowest BCUT2D eigenvalue weighted by atomic mass is 9.91. The number of fused-ring (bicyclic) bond motifs is 1. The van der Waals surface area contributed by atoms with Crippen LogP contribution in [0, 0.1) is 5.82 Å². The lowest BCUT2D eigenvalue weighted by Gasteiger charge is -2.45. The lowest BCUT2D eigenvalue weighted by molar-refractivity contribution is -0.154. The van der Waals surface area contributed by atoms with Crippen molar-refractivity contribution in [3.8, 4) is 0 Å². The van der Waals surface area contributed by atoms with Crippen LogP contribution in [-0.2, 0) is 9.53 Å². The molecule has 2 aromatic rings. The van der Waals surface area contributed by atoms with E-state index in [1.807, 2.05) is 18.2 Å². The van der Waals surface area contributed by atoms with Crippen LogP contribution in [0.15, 0.2) is 54.6 Å². The lowest BCUT2D eigenvalue weighted by Crippen LogP contribution is -2.67. The Hall–Kier alpha value is -2.73. The maximum absolute atomic E-state index is 14.2. The molecule has 0 saturated carbocycles. The summed E-state index contributed by atoms with van der Waals surface area (Å²) in [4.78, 5) is 29.0. The summed E-state index contributed by atoms with van der Waals surface area (Å²) in [5.41, 5.74) is 0.159. The fraction of sp³-hybridized carbons (Fsp3) is 0.333.